The molecule has 0 aromatic carbocycles. The molecule has 0 saturated heterocycles. The molecule has 0 rings (SSSR count). The maximum atomic E-state index is 12.5. The van der Waals surface area contributed by atoms with Crippen LogP contribution in [0.2, 0.25) is 0 Å². The summed E-state index contributed by atoms with van der Waals surface area (Å²) in [6.45, 7) is 4.06. The van der Waals surface area contributed by atoms with Crippen molar-refractivity contribution in [2.75, 3.05) is 6.61 Å². The maximum Gasteiger partial charge on any atom is 0.249 e. The third-order valence-electron chi connectivity index (χ3n) is 11.6. The van der Waals surface area contributed by atoms with Gasteiger partial charge < -0.3 is 25.7 Å². The fourth-order valence-corrected chi connectivity index (χ4v) is 7.72. The van der Waals surface area contributed by atoms with E-state index in [4.69, 9.17) is 0 Å². The SMILES string of the molecule is CCCCCCCCCCCCCCC/C=C/CC/C=C/CCCC(O)C(O)C(CO)NC(=O)C(O)CCCCCCCCCCCCCCCCCCCC. The van der Waals surface area contributed by atoms with E-state index >= 15 is 0 Å². The Balaban J connectivity index is 3.74. The molecular formula is C50H97NO5. The zero-order valence-corrected chi connectivity index (χ0v) is 37.4. The highest BCUT2D eigenvalue weighted by molar-refractivity contribution is 5.80. The first-order valence-corrected chi connectivity index (χ1v) is 24.7. The molecule has 0 radical (unpaired) electrons. The molecule has 56 heavy (non-hydrogen) atoms. The van der Waals surface area contributed by atoms with Crippen molar-refractivity contribution in [2.24, 2.45) is 0 Å². The Morgan fingerprint density at radius 3 is 1.12 bits per heavy atom. The van der Waals surface area contributed by atoms with Crippen molar-refractivity contribution in [2.45, 2.75) is 282 Å². The Kier molecular flexibility index (Phi) is 43.9. The predicted octanol–water partition coefficient (Wildman–Crippen LogP) is 13.5. The van der Waals surface area contributed by atoms with Crippen LogP contribution >= 0.6 is 0 Å². The highest BCUT2D eigenvalue weighted by Crippen LogP contribution is 2.17. The van der Waals surface area contributed by atoms with Crippen LogP contribution in [0.25, 0.3) is 0 Å². The van der Waals surface area contributed by atoms with Gasteiger partial charge in [-0.1, -0.05) is 231 Å². The van der Waals surface area contributed by atoms with Gasteiger partial charge in [0.2, 0.25) is 5.91 Å². The Hall–Kier alpha value is -1.21. The first-order chi connectivity index (χ1) is 27.5. The van der Waals surface area contributed by atoms with E-state index in [9.17, 15) is 25.2 Å². The van der Waals surface area contributed by atoms with E-state index in [1.165, 1.54) is 186 Å². The van der Waals surface area contributed by atoms with E-state index in [1.54, 1.807) is 0 Å². The third-order valence-corrected chi connectivity index (χ3v) is 11.6. The van der Waals surface area contributed by atoms with E-state index < -0.39 is 36.9 Å². The molecule has 0 aromatic heterocycles. The summed E-state index contributed by atoms with van der Waals surface area (Å²) in [6, 6.07) is -1.01. The lowest BCUT2D eigenvalue weighted by Crippen LogP contribution is -2.53. The van der Waals surface area contributed by atoms with Crippen molar-refractivity contribution >= 4 is 5.91 Å². The molecule has 0 bridgehead atoms. The number of carbonyl (C=O) groups is 1. The molecule has 5 N–H and O–H groups in total. The number of hydrogen-bond donors (Lipinski definition) is 5. The smallest absolute Gasteiger partial charge is 0.249 e. The van der Waals surface area contributed by atoms with Crippen LogP contribution in [0, 0.1) is 0 Å². The van der Waals surface area contributed by atoms with Gasteiger partial charge in [0.05, 0.1) is 18.8 Å². The van der Waals surface area contributed by atoms with Crippen molar-refractivity contribution in [1.82, 2.24) is 5.32 Å². The molecule has 6 nitrogen and oxygen atoms in total. The first kappa shape index (κ1) is 54.8. The second kappa shape index (κ2) is 44.9. The fourth-order valence-electron chi connectivity index (χ4n) is 7.72. The molecule has 0 fully saturated rings. The quantitative estimate of drug-likeness (QED) is 0.0312. The van der Waals surface area contributed by atoms with Crippen LogP contribution in [0.1, 0.15) is 258 Å². The van der Waals surface area contributed by atoms with E-state index in [2.05, 4.69) is 43.5 Å². The summed E-state index contributed by atoms with van der Waals surface area (Å²) >= 11 is 0. The lowest BCUT2D eigenvalue weighted by atomic mass is 10.00. The van der Waals surface area contributed by atoms with Crippen LogP contribution in [0.3, 0.4) is 0 Å². The van der Waals surface area contributed by atoms with Crippen LogP contribution in [0.4, 0.5) is 0 Å². The minimum absolute atomic E-state index is 0.364. The zero-order valence-electron chi connectivity index (χ0n) is 37.4. The van der Waals surface area contributed by atoms with Crippen molar-refractivity contribution in [3.8, 4) is 0 Å². The van der Waals surface area contributed by atoms with E-state index in [-0.39, 0.29) is 0 Å². The molecule has 4 unspecified atom stereocenters. The molecule has 6 heteroatoms. The van der Waals surface area contributed by atoms with Gasteiger partial charge >= 0.3 is 0 Å². The predicted molar refractivity (Wildman–Crippen MR) is 242 cm³/mol. The van der Waals surface area contributed by atoms with Gasteiger partial charge in [0.15, 0.2) is 0 Å². The van der Waals surface area contributed by atoms with Crippen LogP contribution in [0.15, 0.2) is 24.3 Å². The number of amides is 1. The standard InChI is InChI=1S/C50H97NO5/c1-3-5-7-9-11-13-15-17-19-21-23-24-25-26-28-29-31-33-35-37-39-41-43-47(53)49(55)46(45-52)51-50(56)48(54)44-42-40-38-36-34-32-30-27-22-20-18-16-14-12-10-8-6-4-2/h28-29,35,37,46-49,52-55H,3-27,30-34,36,38-45H2,1-2H3,(H,51,56)/b29-28+,37-35+. The Bertz CT molecular complexity index is 847. The number of rotatable bonds is 45. The van der Waals surface area contributed by atoms with Gasteiger partial charge in [-0.05, 0) is 51.4 Å². The average Bonchev–Trinajstić information content (AvgIpc) is 3.20. The molecular weight excluding hydrogens is 695 g/mol. The molecule has 0 heterocycles. The van der Waals surface area contributed by atoms with Crippen LogP contribution in [-0.2, 0) is 4.79 Å². The molecule has 0 spiro atoms. The normalized spacial score (nSPS) is 14.2. The van der Waals surface area contributed by atoms with Crippen LogP contribution < -0.4 is 5.32 Å². The van der Waals surface area contributed by atoms with Crippen molar-refractivity contribution in [1.29, 1.82) is 0 Å². The largest absolute Gasteiger partial charge is 0.394 e. The van der Waals surface area contributed by atoms with Crippen molar-refractivity contribution < 1.29 is 25.2 Å². The monoisotopic (exact) mass is 792 g/mol. The van der Waals surface area contributed by atoms with Gasteiger partial charge in [0, 0.05) is 0 Å². The highest BCUT2D eigenvalue weighted by Gasteiger charge is 2.28. The number of aliphatic hydroxyl groups excluding tert-OH is 4. The highest BCUT2D eigenvalue weighted by atomic mass is 16.3. The maximum absolute atomic E-state index is 12.5. The van der Waals surface area contributed by atoms with Crippen LogP contribution in [0.5, 0.6) is 0 Å². The number of aliphatic hydroxyl groups is 4. The zero-order chi connectivity index (χ0) is 41.0. The van der Waals surface area contributed by atoms with Crippen LogP contribution in [-0.4, -0.2) is 57.3 Å². The summed E-state index contributed by atoms with van der Waals surface area (Å²) < 4.78 is 0. The summed E-state index contributed by atoms with van der Waals surface area (Å²) in [7, 11) is 0. The molecule has 0 aliphatic rings. The molecule has 4 atom stereocenters. The average molecular weight is 792 g/mol. The topological polar surface area (TPSA) is 110 Å². The van der Waals surface area contributed by atoms with Gasteiger partial charge in [-0.3, -0.25) is 4.79 Å². The molecule has 0 aromatic rings. The van der Waals surface area contributed by atoms with E-state index in [0.717, 1.165) is 38.5 Å². The minimum atomic E-state index is -1.29. The lowest BCUT2D eigenvalue weighted by Gasteiger charge is -2.27. The van der Waals surface area contributed by atoms with Gasteiger partial charge in [-0.15, -0.1) is 0 Å². The van der Waals surface area contributed by atoms with Gasteiger partial charge in [0.1, 0.15) is 12.2 Å². The molecule has 332 valence electrons. The number of hydrogen-bond acceptors (Lipinski definition) is 5. The van der Waals surface area contributed by atoms with Gasteiger partial charge in [-0.25, -0.2) is 0 Å². The Labute approximate surface area is 348 Å². The lowest BCUT2D eigenvalue weighted by molar-refractivity contribution is -0.132. The van der Waals surface area contributed by atoms with Crippen molar-refractivity contribution in [3.05, 3.63) is 24.3 Å². The Morgan fingerprint density at radius 1 is 0.429 bits per heavy atom. The van der Waals surface area contributed by atoms with E-state index in [0.29, 0.717) is 19.3 Å². The summed E-state index contributed by atoms with van der Waals surface area (Å²) in [5.74, 6) is -0.594. The number of allylic oxidation sites excluding steroid dienone is 4. The number of unbranched alkanes of at least 4 members (excludes halogenated alkanes) is 32. The summed E-state index contributed by atoms with van der Waals surface area (Å²) in [5.41, 5.74) is 0. The molecule has 0 saturated carbocycles. The second-order valence-electron chi connectivity index (χ2n) is 17.2. The number of nitrogens with one attached hydrogen (secondary N) is 1. The third kappa shape index (κ3) is 38.3. The van der Waals surface area contributed by atoms with E-state index in [1.807, 2.05) is 0 Å². The molecule has 0 aliphatic carbocycles. The van der Waals surface area contributed by atoms with Gasteiger partial charge in [-0.2, -0.15) is 0 Å². The molecule has 0 aliphatic heterocycles. The summed E-state index contributed by atoms with van der Waals surface area (Å²) in [6.07, 6.45) is 52.2. The summed E-state index contributed by atoms with van der Waals surface area (Å²) in [4.78, 5) is 12.5. The number of carbonyl (C=O) groups excluding carboxylic acids is 1. The summed E-state index contributed by atoms with van der Waals surface area (Å²) in [5, 5.41) is 43.8. The minimum Gasteiger partial charge on any atom is -0.394 e. The second-order valence-corrected chi connectivity index (χ2v) is 17.2. The Morgan fingerprint density at radius 2 is 0.750 bits per heavy atom. The van der Waals surface area contributed by atoms with Crippen molar-refractivity contribution in [3.63, 3.8) is 0 Å². The fraction of sp³-hybridized carbons (Fsp3) is 0.900. The first-order valence-electron chi connectivity index (χ1n) is 24.7. The van der Waals surface area contributed by atoms with Gasteiger partial charge in [0.25, 0.3) is 0 Å². The molecule has 1 amide bonds.